The Morgan fingerprint density at radius 2 is 2.12 bits per heavy atom. The Labute approximate surface area is 96.6 Å². The van der Waals surface area contributed by atoms with E-state index in [1.807, 2.05) is 18.2 Å². The van der Waals surface area contributed by atoms with E-state index in [0.717, 1.165) is 5.52 Å². The second kappa shape index (κ2) is 3.35. The summed E-state index contributed by atoms with van der Waals surface area (Å²) in [6.45, 7) is 0. The molecular weight excluding hydrogens is 218 g/mol. The van der Waals surface area contributed by atoms with Gasteiger partial charge in [0.15, 0.2) is 0 Å². The smallest absolute Gasteiger partial charge is 0.257 e. The Bertz CT molecular complexity index is 770. The lowest BCUT2D eigenvalue weighted by molar-refractivity contribution is 0.395. The van der Waals surface area contributed by atoms with Crippen molar-refractivity contribution in [3.63, 3.8) is 0 Å². The van der Waals surface area contributed by atoms with E-state index < -0.39 is 0 Å². The van der Waals surface area contributed by atoms with Gasteiger partial charge >= 0.3 is 0 Å². The first-order valence-corrected chi connectivity index (χ1v) is 5.24. The van der Waals surface area contributed by atoms with Gasteiger partial charge in [-0.1, -0.05) is 12.1 Å². The summed E-state index contributed by atoms with van der Waals surface area (Å²) in [7, 11) is 3.27. The van der Waals surface area contributed by atoms with Gasteiger partial charge in [-0.15, -0.1) is 5.10 Å². The lowest BCUT2D eigenvalue weighted by atomic mass is 10.2. The maximum absolute atomic E-state index is 12.3. The number of para-hydroxylation sites is 1. The van der Waals surface area contributed by atoms with Crippen molar-refractivity contribution in [1.29, 1.82) is 0 Å². The summed E-state index contributed by atoms with van der Waals surface area (Å²) in [5, 5.41) is 4.81. The van der Waals surface area contributed by atoms with Crippen molar-refractivity contribution in [3.05, 3.63) is 34.5 Å². The lowest BCUT2D eigenvalue weighted by Crippen LogP contribution is -2.07. The van der Waals surface area contributed by atoms with Gasteiger partial charge in [0.2, 0.25) is 5.43 Å². The number of aryl methyl sites for hydroxylation is 1. The zero-order valence-electron chi connectivity index (χ0n) is 9.52. The Morgan fingerprint density at radius 3 is 2.88 bits per heavy atom. The van der Waals surface area contributed by atoms with Crippen LogP contribution in [0.3, 0.4) is 0 Å². The average Bonchev–Trinajstić information content (AvgIpc) is 2.66. The summed E-state index contributed by atoms with van der Waals surface area (Å²) in [6, 6.07) is 7.39. The van der Waals surface area contributed by atoms with E-state index in [9.17, 15) is 4.79 Å². The Morgan fingerprint density at radius 1 is 1.35 bits per heavy atom. The number of nitrogens with one attached hydrogen (secondary N) is 1. The molecule has 0 radical (unpaired) electrons. The van der Waals surface area contributed by atoms with Gasteiger partial charge < -0.3 is 9.72 Å². The molecule has 1 N–H and O–H groups in total. The molecule has 3 aromatic rings. The maximum atomic E-state index is 12.3. The molecule has 17 heavy (non-hydrogen) atoms. The molecule has 5 nitrogen and oxygen atoms in total. The van der Waals surface area contributed by atoms with Crippen LogP contribution in [-0.2, 0) is 7.05 Å². The fraction of sp³-hybridized carbons (Fsp3) is 0.167. The van der Waals surface area contributed by atoms with Crippen molar-refractivity contribution in [1.82, 2.24) is 14.8 Å². The summed E-state index contributed by atoms with van der Waals surface area (Å²) in [5.74, 6) is 0.436. The second-order valence-electron chi connectivity index (χ2n) is 3.86. The van der Waals surface area contributed by atoms with Crippen LogP contribution in [0.15, 0.2) is 29.1 Å². The van der Waals surface area contributed by atoms with Gasteiger partial charge in [-0.2, -0.15) is 0 Å². The fourth-order valence-electron chi connectivity index (χ4n) is 2.07. The highest BCUT2D eigenvalue weighted by molar-refractivity contribution is 5.92. The molecule has 0 saturated carbocycles. The van der Waals surface area contributed by atoms with E-state index in [1.165, 1.54) is 7.11 Å². The summed E-state index contributed by atoms with van der Waals surface area (Å²) < 4.78 is 6.69. The summed E-state index contributed by atoms with van der Waals surface area (Å²) >= 11 is 0. The summed E-state index contributed by atoms with van der Waals surface area (Å²) in [6.07, 6.45) is 0. The average molecular weight is 229 g/mol. The Hall–Kier alpha value is -2.30. The standard InChI is InChI=1S/C12H11N3O2/c1-15-10-9(12(14-15)17-2)13-8-6-4-3-5-7(8)11(10)16/h3-6H,1-2H3,(H,13,16). The third-order valence-electron chi connectivity index (χ3n) is 2.85. The van der Waals surface area contributed by atoms with Crippen LogP contribution in [0.2, 0.25) is 0 Å². The zero-order valence-corrected chi connectivity index (χ0v) is 9.52. The Kier molecular flexibility index (Phi) is 1.95. The molecular formula is C12H11N3O2. The third kappa shape index (κ3) is 1.25. The molecule has 0 unspecified atom stereocenters. The van der Waals surface area contributed by atoms with E-state index in [0.29, 0.717) is 22.3 Å². The number of pyridine rings is 1. The van der Waals surface area contributed by atoms with E-state index in [2.05, 4.69) is 10.1 Å². The van der Waals surface area contributed by atoms with Crippen molar-refractivity contribution in [3.8, 4) is 5.88 Å². The molecule has 2 heterocycles. The van der Waals surface area contributed by atoms with Gasteiger partial charge in [-0.05, 0) is 12.1 Å². The summed E-state index contributed by atoms with van der Waals surface area (Å²) in [4.78, 5) is 15.5. The number of aromatic amines is 1. The predicted molar refractivity (Wildman–Crippen MR) is 65.4 cm³/mol. The minimum atomic E-state index is -0.0346. The van der Waals surface area contributed by atoms with Crippen LogP contribution in [0.5, 0.6) is 5.88 Å². The van der Waals surface area contributed by atoms with Crippen LogP contribution in [0.1, 0.15) is 0 Å². The van der Waals surface area contributed by atoms with Crippen molar-refractivity contribution >= 4 is 21.9 Å². The number of hydrogen-bond donors (Lipinski definition) is 1. The van der Waals surface area contributed by atoms with Crippen molar-refractivity contribution < 1.29 is 4.74 Å². The predicted octanol–water partition coefficient (Wildman–Crippen LogP) is 1.42. The van der Waals surface area contributed by atoms with Gasteiger partial charge in [-0.3, -0.25) is 9.48 Å². The molecule has 0 atom stereocenters. The van der Waals surface area contributed by atoms with Crippen LogP contribution in [-0.4, -0.2) is 21.9 Å². The molecule has 2 aromatic heterocycles. The molecule has 86 valence electrons. The number of ether oxygens (including phenoxy) is 1. The number of aromatic nitrogens is 3. The minimum Gasteiger partial charge on any atom is -0.478 e. The number of hydrogen-bond acceptors (Lipinski definition) is 3. The van der Waals surface area contributed by atoms with Gasteiger partial charge in [-0.25, -0.2) is 0 Å². The highest BCUT2D eigenvalue weighted by Crippen LogP contribution is 2.21. The van der Waals surface area contributed by atoms with E-state index in [4.69, 9.17) is 4.74 Å². The minimum absolute atomic E-state index is 0.0346. The number of H-pyrrole nitrogens is 1. The maximum Gasteiger partial charge on any atom is 0.257 e. The molecule has 0 bridgehead atoms. The summed E-state index contributed by atoms with van der Waals surface area (Å²) in [5.41, 5.74) is 1.92. The van der Waals surface area contributed by atoms with Gasteiger partial charge in [0, 0.05) is 18.0 Å². The van der Waals surface area contributed by atoms with Crippen molar-refractivity contribution in [2.75, 3.05) is 7.11 Å². The molecule has 5 heteroatoms. The molecule has 3 rings (SSSR count). The normalized spacial score (nSPS) is 11.2. The molecule has 0 aliphatic rings. The van der Waals surface area contributed by atoms with Crippen LogP contribution in [0, 0.1) is 0 Å². The first-order valence-electron chi connectivity index (χ1n) is 5.24. The molecule has 0 saturated heterocycles. The molecule has 0 amide bonds. The zero-order chi connectivity index (χ0) is 12.0. The van der Waals surface area contributed by atoms with Crippen LogP contribution < -0.4 is 10.2 Å². The number of nitrogens with zero attached hydrogens (tertiary/aromatic N) is 2. The third-order valence-corrected chi connectivity index (χ3v) is 2.85. The quantitative estimate of drug-likeness (QED) is 0.686. The van der Waals surface area contributed by atoms with E-state index in [-0.39, 0.29) is 5.43 Å². The SMILES string of the molecule is COc1nn(C)c2c(=O)c3ccccc3[nH]c12. The number of rotatable bonds is 1. The van der Waals surface area contributed by atoms with Crippen LogP contribution in [0.4, 0.5) is 0 Å². The first-order chi connectivity index (χ1) is 8.22. The Balaban J connectivity index is 2.61. The second-order valence-corrected chi connectivity index (χ2v) is 3.86. The lowest BCUT2D eigenvalue weighted by Gasteiger charge is -1.99. The number of benzene rings is 1. The first kappa shape index (κ1) is 9.89. The topological polar surface area (TPSA) is 59.9 Å². The van der Waals surface area contributed by atoms with Gasteiger partial charge in [0.1, 0.15) is 11.0 Å². The van der Waals surface area contributed by atoms with Crippen molar-refractivity contribution in [2.24, 2.45) is 7.05 Å². The van der Waals surface area contributed by atoms with Gasteiger partial charge in [0.25, 0.3) is 5.88 Å². The molecule has 0 aliphatic carbocycles. The molecule has 1 aromatic carbocycles. The number of fused-ring (bicyclic) bond motifs is 2. The van der Waals surface area contributed by atoms with Crippen molar-refractivity contribution in [2.45, 2.75) is 0 Å². The van der Waals surface area contributed by atoms with Gasteiger partial charge in [0.05, 0.1) is 7.11 Å². The largest absolute Gasteiger partial charge is 0.478 e. The monoisotopic (exact) mass is 229 g/mol. The molecule has 0 spiro atoms. The van der Waals surface area contributed by atoms with E-state index in [1.54, 1.807) is 17.8 Å². The van der Waals surface area contributed by atoms with Crippen LogP contribution in [0.25, 0.3) is 21.9 Å². The van der Waals surface area contributed by atoms with E-state index >= 15 is 0 Å². The fourth-order valence-corrected chi connectivity index (χ4v) is 2.07. The highest BCUT2D eigenvalue weighted by atomic mass is 16.5. The highest BCUT2D eigenvalue weighted by Gasteiger charge is 2.14. The van der Waals surface area contributed by atoms with Crippen LogP contribution >= 0.6 is 0 Å². The molecule has 0 aliphatic heterocycles. The number of methoxy groups -OCH3 is 1. The molecule has 0 fully saturated rings.